The molecule has 0 unspecified atom stereocenters. The first-order valence-corrected chi connectivity index (χ1v) is 8.35. The minimum Gasteiger partial charge on any atom is -0.369 e. The zero-order valence-corrected chi connectivity index (χ0v) is 13.4. The molecule has 1 saturated heterocycles. The highest BCUT2D eigenvalue weighted by Gasteiger charge is 2.22. The van der Waals surface area contributed by atoms with Crippen LogP contribution in [0.4, 0.5) is 0 Å². The summed E-state index contributed by atoms with van der Waals surface area (Å²) in [5.74, 6) is 0.288. The van der Waals surface area contributed by atoms with Crippen LogP contribution in [0.3, 0.4) is 0 Å². The fourth-order valence-corrected chi connectivity index (χ4v) is 3.52. The number of nitrogens with two attached hydrogens (primary N) is 1. The van der Waals surface area contributed by atoms with Gasteiger partial charge in [-0.2, -0.15) is 0 Å². The quantitative estimate of drug-likeness (QED) is 0.922. The third-order valence-electron chi connectivity index (χ3n) is 4.70. The average molecular weight is 308 g/mol. The Bertz CT molecular complexity index is 646. The van der Waals surface area contributed by atoms with Crippen LogP contribution in [0.2, 0.25) is 0 Å². The summed E-state index contributed by atoms with van der Waals surface area (Å²) in [4.78, 5) is 13.8. The summed E-state index contributed by atoms with van der Waals surface area (Å²) in [7, 11) is 0. The summed E-state index contributed by atoms with van der Waals surface area (Å²) in [6.07, 6.45) is 2.63. The number of benzene rings is 2. The Kier molecular flexibility index (Phi) is 5.09. The highest BCUT2D eigenvalue weighted by Crippen LogP contribution is 2.31. The van der Waals surface area contributed by atoms with Crippen molar-refractivity contribution in [1.82, 2.24) is 4.90 Å². The molecule has 3 rings (SSSR count). The van der Waals surface area contributed by atoms with Crippen LogP contribution in [0.25, 0.3) is 0 Å². The predicted octanol–water partition coefficient (Wildman–Crippen LogP) is 3.09. The van der Waals surface area contributed by atoms with Crippen molar-refractivity contribution in [3.05, 3.63) is 71.3 Å². The summed E-state index contributed by atoms with van der Waals surface area (Å²) < 4.78 is 0. The molecule has 0 aromatic heterocycles. The Morgan fingerprint density at radius 3 is 2.35 bits per heavy atom. The van der Waals surface area contributed by atoms with Crippen LogP contribution in [-0.2, 0) is 17.8 Å². The van der Waals surface area contributed by atoms with Crippen LogP contribution < -0.4 is 5.73 Å². The Morgan fingerprint density at radius 2 is 1.65 bits per heavy atom. The van der Waals surface area contributed by atoms with Gasteiger partial charge in [0.1, 0.15) is 0 Å². The van der Waals surface area contributed by atoms with E-state index in [-0.39, 0.29) is 5.91 Å². The molecule has 1 fully saturated rings. The van der Waals surface area contributed by atoms with Gasteiger partial charge in [-0.3, -0.25) is 9.69 Å². The topological polar surface area (TPSA) is 46.3 Å². The zero-order chi connectivity index (χ0) is 16.1. The van der Waals surface area contributed by atoms with Crippen molar-refractivity contribution in [2.45, 2.75) is 31.7 Å². The normalized spacial score (nSPS) is 16.3. The van der Waals surface area contributed by atoms with Gasteiger partial charge >= 0.3 is 0 Å². The minimum atomic E-state index is -0.251. The van der Waals surface area contributed by atoms with Crippen LogP contribution in [-0.4, -0.2) is 23.9 Å². The summed E-state index contributed by atoms with van der Waals surface area (Å²) in [5.41, 5.74) is 9.17. The molecule has 2 aromatic rings. The third kappa shape index (κ3) is 4.20. The molecule has 1 amide bonds. The van der Waals surface area contributed by atoms with Gasteiger partial charge in [0, 0.05) is 6.54 Å². The van der Waals surface area contributed by atoms with E-state index >= 15 is 0 Å². The van der Waals surface area contributed by atoms with Crippen molar-refractivity contribution in [1.29, 1.82) is 0 Å². The average Bonchev–Trinajstić information content (AvgIpc) is 2.57. The molecule has 2 N–H and O–H groups in total. The maximum atomic E-state index is 11.3. The maximum absolute atomic E-state index is 11.3. The molecule has 1 aliphatic rings. The van der Waals surface area contributed by atoms with Gasteiger partial charge in [-0.05, 0) is 48.5 Å². The highest BCUT2D eigenvalue weighted by molar-refractivity contribution is 5.77. The number of carbonyl (C=O) groups is 1. The molecule has 1 aliphatic heterocycles. The van der Waals surface area contributed by atoms with Gasteiger partial charge in [0.2, 0.25) is 5.91 Å². The van der Waals surface area contributed by atoms with E-state index in [0.29, 0.717) is 12.3 Å². The molecule has 120 valence electrons. The van der Waals surface area contributed by atoms with Gasteiger partial charge in [0.05, 0.1) is 6.42 Å². The van der Waals surface area contributed by atoms with Crippen LogP contribution in [0.15, 0.2) is 54.6 Å². The molecular formula is C20H24N2O. The van der Waals surface area contributed by atoms with Gasteiger partial charge < -0.3 is 5.73 Å². The first-order chi connectivity index (χ1) is 11.2. The Labute approximate surface area is 138 Å². The van der Waals surface area contributed by atoms with Crippen molar-refractivity contribution in [3.63, 3.8) is 0 Å². The van der Waals surface area contributed by atoms with E-state index in [2.05, 4.69) is 47.4 Å². The SMILES string of the molecule is NC(=O)Cc1ccccc1C1CCN(Cc2ccccc2)CC1. The van der Waals surface area contributed by atoms with Crippen LogP contribution in [0.1, 0.15) is 35.4 Å². The highest BCUT2D eigenvalue weighted by atomic mass is 16.1. The lowest BCUT2D eigenvalue weighted by atomic mass is 9.85. The van der Waals surface area contributed by atoms with E-state index in [9.17, 15) is 4.79 Å². The predicted molar refractivity (Wildman–Crippen MR) is 93.0 cm³/mol. The second kappa shape index (κ2) is 7.42. The van der Waals surface area contributed by atoms with E-state index in [1.807, 2.05) is 12.1 Å². The number of amides is 1. The standard InChI is InChI=1S/C20H24N2O/c21-20(23)14-18-8-4-5-9-19(18)17-10-12-22(13-11-17)15-16-6-2-1-3-7-16/h1-9,17H,10-15H2,(H2,21,23). The van der Waals surface area contributed by atoms with Gasteiger partial charge in [0.25, 0.3) is 0 Å². The van der Waals surface area contributed by atoms with E-state index in [4.69, 9.17) is 5.73 Å². The van der Waals surface area contributed by atoms with Crippen molar-refractivity contribution in [2.24, 2.45) is 5.73 Å². The number of nitrogens with zero attached hydrogens (tertiary/aromatic N) is 1. The fourth-order valence-electron chi connectivity index (χ4n) is 3.52. The molecule has 1 heterocycles. The first-order valence-electron chi connectivity index (χ1n) is 8.35. The second-order valence-electron chi connectivity index (χ2n) is 6.38. The third-order valence-corrected chi connectivity index (χ3v) is 4.70. The summed E-state index contributed by atoms with van der Waals surface area (Å²) in [5, 5.41) is 0. The summed E-state index contributed by atoms with van der Waals surface area (Å²) in [6.45, 7) is 3.23. The minimum absolute atomic E-state index is 0.251. The molecule has 3 heteroatoms. The maximum Gasteiger partial charge on any atom is 0.221 e. The number of hydrogen-bond acceptors (Lipinski definition) is 2. The van der Waals surface area contributed by atoms with Crippen molar-refractivity contribution < 1.29 is 4.79 Å². The number of primary amides is 1. The largest absolute Gasteiger partial charge is 0.369 e. The van der Waals surface area contributed by atoms with E-state index in [1.54, 1.807) is 0 Å². The number of likely N-dealkylation sites (tertiary alicyclic amines) is 1. The van der Waals surface area contributed by atoms with Gasteiger partial charge in [-0.15, -0.1) is 0 Å². The fraction of sp³-hybridized carbons (Fsp3) is 0.350. The van der Waals surface area contributed by atoms with E-state index < -0.39 is 0 Å². The van der Waals surface area contributed by atoms with Crippen molar-refractivity contribution in [3.8, 4) is 0 Å². The number of rotatable bonds is 5. The van der Waals surface area contributed by atoms with E-state index in [1.165, 1.54) is 11.1 Å². The Morgan fingerprint density at radius 1 is 1.00 bits per heavy atom. The van der Waals surface area contributed by atoms with Gasteiger partial charge in [-0.25, -0.2) is 0 Å². The Balaban J connectivity index is 1.62. The zero-order valence-electron chi connectivity index (χ0n) is 13.4. The van der Waals surface area contributed by atoms with Crippen molar-refractivity contribution in [2.75, 3.05) is 13.1 Å². The lowest BCUT2D eigenvalue weighted by Crippen LogP contribution is -2.32. The molecular weight excluding hydrogens is 284 g/mol. The lowest BCUT2D eigenvalue weighted by Gasteiger charge is -2.33. The monoisotopic (exact) mass is 308 g/mol. The molecule has 0 atom stereocenters. The molecule has 0 aliphatic carbocycles. The molecule has 2 aromatic carbocycles. The smallest absolute Gasteiger partial charge is 0.221 e. The van der Waals surface area contributed by atoms with Crippen molar-refractivity contribution >= 4 is 5.91 Å². The lowest BCUT2D eigenvalue weighted by molar-refractivity contribution is -0.117. The van der Waals surface area contributed by atoms with Gasteiger partial charge in [-0.1, -0.05) is 54.6 Å². The van der Waals surface area contributed by atoms with Crippen LogP contribution in [0, 0.1) is 0 Å². The second-order valence-corrected chi connectivity index (χ2v) is 6.38. The summed E-state index contributed by atoms with van der Waals surface area (Å²) >= 11 is 0. The molecule has 0 saturated carbocycles. The molecule has 0 bridgehead atoms. The molecule has 23 heavy (non-hydrogen) atoms. The summed E-state index contributed by atoms with van der Waals surface area (Å²) in [6, 6.07) is 18.9. The van der Waals surface area contributed by atoms with Crippen LogP contribution in [0.5, 0.6) is 0 Å². The molecule has 0 radical (unpaired) electrons. The number of carbonyl (C=O) groups excluding carboxylic acids is 1. The van der Waals surface area contributed by atoms with Gasteiger partial charge in [0.15, 0.2) is 0 Å². The number of hydrogen-bond donors (Lipinski definition) is 1. The van der Waals surface area contributed by atoms with E-state index in [0.717, 1.165) is 38.0 Å². The first kappa shape index (κ1) is 15.8. The van der Waals surface area contributed by atoms with Crippen LogP contribution >= 0.6 is 0 Å². The molecule has 3 nitrogen and oxygen atoms in total. The Hall–Kier alpha value is -2.13. The number of piperidine rings is 1. The molecule has 0 spiro atoms.